The topological polar surface area (TPSA) is 113 Å². The van der Waals surface area contributed by atoms with Crippen molar-refractivity contribution in [1.29, 1.82) is 0 Å². The number of carbonyl (C=O) groups is 3. The van der Waals surface area contributed by atoms with E-state index in [2.05, 4.69) is 5.32 Å². The summed E-state index contributed by atoms with van der Waals surface area (Å²) in [5, 5.41) is 20.7. The summed E-state index contributed by atoms with van der Waals surface area (Å²) >= 11 is 0. The third-order valence-electron chi connectivity index (χ3n) is 3.24. The first-order valence-electron chi connectivity index (χ1n) is 7.47. The van der Waals surface area contributed by atoms with Gasteiger partial charge in [0.05, 0.1) is 28.5 Å². The first-order valence-corrected chi connectivity index (χ1v) is 7.47. The second-order valence-corrected chi connectivity index (χ2v) is 5.49. The average Bonchev–Trinajstić information content (AvgIpc) is 2.54. The highest BCUT2D eigenvalue weighted by Gasteiger charge is 2.18. The summed E-state index contributed by atoms with van der Waals surface area (Å²) in [5.41, 5.74) is -0.244. The zero-order valence-electron chi connectivity index (χ0n) is 13.6. The van der Waals surface area contributed by atoms with E-state index in [0.717, 1.165) is 6.07 Å². The first-order chi connectivity index (χ1) is 11.8. The van der Waals surface area contributed by atoms with Crippen LogP contribution in [0.25, 0.3) is 0 Å². The van der Waals surface area contributed by atoms with Crippen LogP contribution in [0.1, 0.15) is 44.9 Å². The molecular weight excluding hydrogens is 326 g/mol. The number of nitrogens with one attached hydrogen (secondary N) is 1. The van der Waals surface area contributed by atoms with Gasteiger partial charge in [-0.1, -0.05) is 12.1 Å². The van der Waals surface area contributed by atoms with Crippen molar-refractivity contribution >= 4 is 23.5 Å². The van der Waals surface area contributed by atoms with Gasteiger partial charge in [-0.05, 0) is 44.2 Å². The average molecular weight is 343 g/mol. The molecule has 3 N–H and O–H groups in total. The van der Waals surface area contributed by atoms with E-state index in [1.54, 1.807) is 24.3 Å². The molecule has 1 amide bonds. The van der Waals surface area contributed by atoms with Crippen LogP contribution in [-0.2, 0) is 0 Å². The molecule has 0 bridgehead atoms. The Morgan fingerprint density at radius 2 is 1.64 bits per heavy atom. The highest BCUT2D eigenvalue weighted by molar-refractivity contribution is 6.09. The highest BCUT2D eigenvalue weighted by atomic mass is 16.5. The summed E-state index contributed by atoms with van der Waals surface area (Å²) in [6.45, 7) is 3.64. The second kappa shape index (κ2) is 7.48. The quantitative estimate of drug-likeness (QED) is 0.743. The van der Waals surface area contributed by atoms with E-state index in [1.807, 2.05) is 13.8 Å². The number of para-hydroxylation sites is 1. The zero-order chi connectivity index (χ0) is 18.6. The molecule has 0 aromatic heterocycles. The number of carboxylic acid groups (broad SMARTS) is 2. The molecule has 0 radical (unpaired) electrons. The number of carboxylic acids is 2. The lowest BCUT2D eigenvalue weighted by Crippen LogP contribution is -2.17. The van der Waals surface area contributed by atoms with Gasteiger partial charge in [0.15, 0.2) is 0 Å². The van der Waals surface area contributed by atoms with Crippen LogP contribution in [0.4, 0.5) is 5.69 Å². The number of anilines is 1. The minimum absolute atomic E-state index is 0.00171. The molecule has 2 aromatic carbocycles. The third-order valence-corrected chi connectivity index (χ3v) is 3.24. The summed E-state index contributed by atoms with van der Waals surface area (Å²) in [5.74, 6) is -2.78. The molecule has 0 aliphatic carbocycles. The van der Waals surface area contributed by atoms with E-state index in [0.29, 0.717) is 5.75 Å². The van der Waals surface area contributed by atoms with Crippen molar-refractivity contribution in [2.45, 2.75) is 20.0 Å². The van der Waals surface area contributed by atoms with Gasteiger partial charge in [-0.2, -0.15) is 0 Å². The molecule has 0 unspecified atom stereocenters. The molecule has 2 aromatic rings. The Hall–Kier alpha value is -3.35. The van der Waals surface area contributed by atoms with Crippen LogP contribution in [0, 0.1) is 0 Å². The van der Waals surface area contributed by atoms with Crippen LogP contribution in [0.2, 0.25) is 0 Å². The Balaban J connectivity index is 2.35. The number of carbonyl (C=O) groups excluding carboxylic acids is 1. The maximum absolute atomic E-state index is 12.5. The Labute approximate surface area is 143 Å². The number of aromatic carboxylic acids is 2. The maximum atomic E-state index is 12.5. The molecule has 2 rings (SSSR count). The van der Waals surface area contributed by atoms with Gasteiger partial charge >= 0.3 is 11.9 Å². The molecule has 0 aliphatic heterocycles. The number of amides is 1. The Morgan fingerprint density at radius 3 is 2.24 bits per heavy atom. The molecule has 7 nitrogen and oxygen atoms in total. The van der Waals surface area contributed by atoms with Crippen molar-refractivity contribution < 1.29 is 29.3 Å². The SMILES string of the molecule is CC(C)Oc1ccccc1C(=O)Nc1ccc(C(=O)O)cc1C(=O)O. The van der Waals surface area contributed by atoms with Gasteiger partial charge in [-0.15, -0.1) is 0 Å². The summed E-state index contributed by atoms with van der Waals surface area (Å²) in [4.78, 5) is 34.8. The van der Waals surface area contributed by atoms with Crippen LogP contribution in [-0.4, -0.2) is 34.2 Å². The third kappa shape index (κ3) is 4.35. The monoisotopic (exact) mass is 343 g/mol. The molecule has 0 heterocycles. The fraction of sp³-hybridized carbons (Fsp3) is 0.167. The molecule has 0 saturated heterocycles. The van der Waals surface area contributed by atoms with Crippen molar-refractivity contribution in [3.63, 3.8) is 0 Å². The largest absolute Gasteiger partial charge is 0.490 e. The van der Waals surface area contributed by atoms with Crippen molar-refractivity contribution in [3.05, 3.63) is 59.2 Å². The van der Waals surface area contributed by atoms with Gasteiger partial charge in [-0.25, -0.2) is 9.59 Å². The van der Waals surface area contributed by atoms with Gasteiger partial charge in [0.1, 0.15) is 5.75 Å². The van der Waals surface area contributed by atoms with Crippen molar-refractivity contribution in [3.8, 4) is 5.75 Å². The molecule has 0 spiro atoms. The molecule has 7 heteroatoms. The summed E-state index contributed by atoms with van der Waals surface area (Å²) in [6.07, 6.45) is -0.140. The van der Waals surface area contributed by atoms with Gasteiger partial charge in [-0.3, -0.25) is 4.79 Å². The predicted molar refractivity (Wildman–Crippen MR) is 90.5 cm³/mol. The fourth-order valence-electron chi connectivity index (χ4n) is 2.16. The van der Waals surface area contributed by atoms with Crippen molar-refractivity contribution in [1.82, 2.24) is 0 Å². The Morgan fingerprint density at radius 1 is 0.960 bits per heavy atom. The molecule has 0 atom stereocenters. The second-order valence-electron chi connectivity index (χ2n) is 5.49. The van der Waals surface area contributed by atoms with Crippen LogP contribution in [0.3, 0.4) is 0 Å². The number of rotatable bonds is 6. The molecule has 0 fully saturated rings. The van der Waals surface area contributed by atoms with E-state index in [4.69, 9.17) is 9.84 Å². The van der Waals surface area contributed by atoms with Crippen LogP contribution >= 0.6 is 0 Å². The standard InChI is InChI=1S/C18H17NO6/c1-10(2)25-15-6-4-3-5-12(15)16(20)19-14-8-7-11(17(21)22)9-13(14)18(23)24/h3-10H,1-2H3,(H,19,20)(H,21,22)(H,23,24). The number of hydrogen-bond acceptors (Lipinski definition) is 4. The van der Waals surface area contributed by atoms with E-state index >= 15 is 0 Å². The lowest BCUT2D eigenvalue weighted by Gasteiger charge is -2.15. The highest BCUT2D eigenvalue weighted by Crippen LogP contribution is 2.23. The van der Waals surface area contributed by atoms with Gasteiger partial charge in [0.2, 0.25) is 0 Å². The minimum Gasteiger partial charge on any atom is -0.490 e. The smallest absolute Gasteiger partial charge is 0.337 e. The summed E-state index contributed by atoms with van der Waals surface area (Å²) < 4.78 is 5.58. The van der Waals surface area contributed by atoms with E-state index in [-0.39, 0.29) is 28.5 Å². The van der Waals surface area contributed by atoms with Crippen LogP contribution < -0.4 is 10.1 Å². The van der Waals surface area contributed by atoms with E-state index < -0.39 is 17.8 Å². The number of hydrogen-bond donors (Lipinski definition) is 3. The normalized spacial score (nSPS) is 10.4. The summed E-state index contributed by atoms with van der Waals surface area (Å²) in [6, 6.07) is 10.0. The molecule has 25 heavy (non-hydrogen) atoms. The lowest BCUT2D eigenvalue weighted by atomic mass is 10.1. The molecule has 0 saturated carbocycles. The van der Waals surface area contributed by atoms with Gasteiger partial charge in [0, 0.05) is 0 Å². The van der Waals surface area contributed by atoms with Crippen LogP contribution in [0.5, 0.6) is 5.75 Å². The lowest BCUT2D eigenvalue weighted by molar-refractivity contribution is 0.0696. The summed E-state index contributed by atoms with van der Waals surface area (Å²) in [7, 11) is 0. The van der Waals surface area contributed by atoms with Crippen molar-refractivity contribution in [2.75, 3.05) is 5.32 Å². The predicted octanol–water partition coefficient (Wildman–Crippen LogP) is 3.12. The molecule has 0 aliphatic rings. The maximum Gasteiger partial charge on any atom is 0.337 e. The fourth-order valence-corrected chi connectivity index (χ4v) is 2.16. The van der Waals surface area contributed by atoms with Gasteiger partial charge in [0.25, 0.3) is 5.91 Å². The van der Waals surface area contributed by atoms with E-state index in [9.17, 15) is 19.5 Å². The van der Waals surface area contributed by atoms with Crippen molar-refractivity contribution in [2.24, 2.45) is 0 Å². The molecular formula is C18H17NO6. The van der Waals surface area contributed by atoms with Gasteiger partial charge < -0.3 is 20.3 Å². The molecule has 130 valence electrons. The Kier molecular flexibility index (Phi) is 5.38. The number of benzene rings is 2. The minimum atomic E-state index is -1.34. The van der Waals surface area contributed by atoms with Crippen LogP contribution in [0.15, 0.2) is 42.5 Å². The van der Waals surface area contributed by atoms with E-state index in [1.165, 1.54) is 12.1 Å². The number of ether oxygens (including phenoxy) is 1. The first kappa shape index (κ1) is 18.0. The Bertz CT molecular complexity index is 828. The zero-order valence-corrected chi connectivity index (χ0v) is 13.6.